The maximum Gasteiger partial charge on any atom is 0.291 e. The number of methoxy groups -OCH3 is 1. The van der Waals surface area contributed by atoms with Gasteiger partial charge < -0.3 is 19.8 Å². The monoisotopic (exact) mass is 384 g/mol. The number of ether oxygens (including phenoxy) is 1. The number of hydrogen-bond donors (Lipinski definition) is 2. The summed E-state index contributed by atoms with van der Waals surface area (Å²) in [5.41, 5.74) is 2.23. The lowest BCUT2D eigenvalue weighted by Gasteiger charge is -2.13. The Balaban J connectivity index is 1.81. The van der Waals surface area contributed by atoms with Gasteiger partial charge in [0.1, 0.15) is 5.75 Å². The van der Waals surface area contributed by atoms with E-state index in [1.807, 2.05) is 6.92 Å². The maximum absolute atomic E-state index is 12.7. The van der Waals surface area contributed by atoms with Crippen LogP contribution >= 0.6 is 11.6 Å². The van der Waals surface area contributed by atoms with Gasteiger partial charge in [-0.3, -0.25) is 9.59 Å². The molecular weight excluding hydrogens is 368 g/mol. The number of hydrogen-bond acceptors (Lipinski definition) is 4. The number of anilines is 2. The van der Waals surface area contributed by atoms with Gasteiger partial charge in [-0.1, -0.05) is 17.7 Å². The highest BCUT2D eigenvalue weighted by Gasteiger charge is 2.15. The molecule has 0 bridgehead atoms. The van der Waals surface area contributed by atoms with Crippen LogP contribution in [0.4, 0.5) is 11.4 Å². The van der Waals surface area contributed by atoms with Gasteiger partial charge in [0.05, 0.1) is 18.9 Å². The van der Waals surface area contributed by atoms with E-state index in [-0.39, 0.29) is 17.6 Å². The van der Waals surface area contributed by atoms with Crippen LogP contribution < -0.4 is 15.4 Å². The molecule has 27 heavy (non-hydrogen) atoms. The summed E-state index contributed by atoms with van der Waals surface area (Å²) in [5.74, 6) is -0.133. The van der Waals surface area contributed by atoms with Crippen molar-refractivity contribution in [3.05, 3.63) is 76.7 Å². The first-order chi connectivity index (χ1) is 13.0. The van der Waals surface area contributed by atoms with E-state index in [9.17, 15) is 9.59 Å². The number of amides is 2. The normalized spacial score (nSPS) is 10.3. The summed E-state index contributed by atoms with van der Waals surface area (Å²) in [6.07, 6.45) is 1.42. The van der Waals surface area contributed by atoms with Gasteiger partial charge in [-0.2, -0.15) is 0 Å². The van der Waals surface area contributed by atoms with Gasteiger partial charge in [0, 0.05) is 16.4 Å². The van der Waals surface area contributed by atoms with Gasteiger partial charge >= 0.3 is 0 Å². The van der Waals surface area contributed by atoms with Crippen LogP contribution in [0, 0.1) is 6.92 Å². The second kappa shape index (κ2) is 7.97. The summed E-state index contributed by atoms with van der Waals surface area (Å²) in [6.45, 7) is 1.85. The first-order valence-corrected chi connectivity index (χ1v) is 8.46. The molecule has 7 heteroatoms. The lowest BCUT2D eigenvalue weighted by molar-refractivity contribution is 0.0994. The van der Waals surface area contributed by atoms with E-state index in [1.54, 1.807) is 42.5 Å². The van der Waals surface area contributed by atoms with E-state index in [0.717, 1.165) is 5.56 Å². The van der Waals surface area contributed by atoms with Gasteiger partial charge in [0.2, 0.25) is 0 Å². The van der Waals surface area contributed by atoms with Crippen molar-refractivity contribution in [2.24, 2.45) is 0 Å². The molecule has 6 nitrogen and oxygen atoms in total. The van der Waals surface area contributed by atoms with E-state index >= 15 is 0 Å². The van der Waals surface area contributed by atoms with Crippen molar-refractivity contribution >= 4 is 34.8 Å². The van der Waals surface area contributed by atoms with E-state index in [0.29, 0.717) is 27.7 Å². The van der Waals surface area contributed by atoms with E-state index < -0.39 is 0 Å². The van der Waals surface area contributed by atoms with Crippen LogP contribution in [0.25, 0.3) is 0 Å². The predicted molar refractivity (Wildman–Crippen MR) is 104 cm³/mol. The Labute approximate surface area is 161 Å². The van der Waals surface area contributed by atoms with E-state index in [2.05, 4.69) is 10.6 Å². The van der Waals surface area contributed by atoms with Crippen LogP contribution in [0.2, 0.25) is 5.02 Å². The molecule has 0 radical (unpaired) electrons. The van der Waals surface area contributed by atoms with Crippen molar-refractivity contribution < 1.29 is 18.7 Å². The number of aryl methyl sites for hydroxylation is 1. The third-order valence-electron chi connectivity index (χ3n) is 3.89. The molecule has 1 heterocycles. The Morgan fingerprint density at radius 2 is 1.85 bits per heavy atom. The summed E-state index contributed by atoms with van der Waals surface area (Å²) >= 11 is 5.99. The van der Waals surface area contributed by atoms with Crippen molar-refractivity contribution in [2.75, 3.05) is 17.7 Å². The zero-order valence-electron chi connectivity index (χ0n) is 14.7. The second-order valence-corrected chi connectivity index (χ2v) is 6.20. The Bertz CT molecular complexity index is 984. The SMILES string of the molecule is COc1ccc(Cl)cc1C(=O)Nc1cc(NC(=O)c2ccco2)ccc1C. The van der Waals surface area contributed by atoms with Gasteiger partial charge in [-0.25, -0.2) is 0 Å². The number of rotatable bonds is 5. The van der Waals surface area contributed by atoms with Gasteiger partial charge in [0.15, 0.2) is 5.76 Å². The van der Waals surface area contributed by atoms with Crippen LogP contribution in [0.5, 0.6) is 5.75 Å². The summed E-state index contributed by atoms with van der Waals surface area (Å²) in [6, 6.07) is 13.2. The summed E-state index contributed by atoms with van der Waals surface area (Å²) in [5, 5.41) is 5.98. The molecule has 0 saturated heterocycles. The number of halogens is 1. The van der Waals surface area contributed by atoms with Gasteiger partial charge in [-0.05, 0) is 55.0 Å². The molecule has 2 amide bonds. The summed E-state index contributed by atoms with van der Waals surface area (Å²) < 4.78 is 10.3. The molecule has 1 aromatic heterocycles. The minimum atomic E-state index is -0.377. The molecule has 2 N–H and O–H groups in total. The highest BCUT2D eigenvalue weighted by atomic mass is 35.5. The van der Waals surface area contributed by atoms with Crippen LogP contribution in [0.1, 0.15) is 26.5 Å². The number of carbonyl (C=O) groups is 2. The molecule has 0 aliphatic heterocycles. The van der Waals surface area contributed by atoms with E-state index in [1.165, 1.54) is 19.4 Å². The molecule has 3 aromatic rings. The standard InChI is InChI=1S/C20H17ClN2O4/c1-12-5-7-14(22-20(25)18-4-3-9-27-18)11-16(12)23-19(24)15-10-13(21)6-8-17(15)26-2/h3-11H,1-2H3,(H,22,25)(H,23,24). The average Bonchev–Trinajstić information content (AvgIpc) is 3.19. The van der Waals surface area contributed by atoms with Crippen LogP contribution in [0.15, 0.2) is 59.2 Å². The number of nitrogens with one attached hydrogen (secondary N) is 2. The van der Waals surface area contributed by atoms with Crippen LogP contribution in [-0.4, -0.2) is 18.9 Å². The minimum absolute atomic E-state index is 0.199. The van der Waals surface area contributed by atoms with Crippen LogP contribution in [0.3, 0.4) is 0 Å². The fourth-order valence-corrected chi connectivity index (χ4v) is 2.65. The van der Waals surface area contributed by atoms with Gasteiger partial charge in [0.25, 0.3) is 11.8 Å². The average molecular weight is 385 g/mol. The smallest absolute Gasteiger partial charge is 0.291 e. The van der Waals surface area contributed by atoms with Crippen molar-refractivity contribution in [2.45, 2.75) is 6.92 Å². The summed E-state index contributed by atoms with van der Waals surface area (Å²) in [7, 11) is 1.48. The quantitative estimate of drug-likeness (QED) is 0.664. The lowest BCUT2D eigenvalue weighted by Crippen LogP contribution is -2.15. The zero-order chi connectivity index (χ0) is 19.4. The Kier molecular flexibility index (Phi) is 5.47. The predicted octanol–water partition coefficient (Wildman–Crippen LogP) is 4.75. The zero-order valence-corrected chi connectivity index (χ0v) is 15.5. The Hall–Kier alpha value is -3.25. The minimum Gasteiger partial charge on any atom is -0.496 e. The molecule has 0 unspecified atom stereocenters. The number of carbonyl (C=O) groups excluding carboxylic acids is 2. The Morgan fingerprint density at radius 3 is 2.56 bits per heavy atom. The molecule has 3 rings (SSSR count). The third-order valence-corrected chi connectivity index (χ3v) is 4.13. The van der Waals surface area contributed by atoms with Crippen molar-refractivity contribution in [1.29, 1.82) is 0 Å². The Morgan fingerprint density at radius 1 is 1.04 bits per heavy atom. The van der Waals surface area contributed by atoms with Crippen molar-refractivity contribution in [3.8, 4) is 5.75 Å². The lowest BCUT2D eigenvalue weighted by atomic mass is 10.1. The van der Waals surface area contributed by atoms with Crippen molar-refractivity contribution in [1.82, 2.24) is 0 Å². The molecule has 0 fully saturated rings. The van der Waals surface area contributed by atoms with Crippen molar-refractivity contribution in [3.63, 3.8) is 0 Å². The molecule has 138 valence electrons. The third kappa shape index (κ3) is 4.30. The topological polar surface area (TPSA) is 80.6 Å². The highest BCUT2D eigenvalue weighted by molar-refractivity contribution is 6.31. The molecule has 0 saturated carbocycles. The fourth-order valence-electron chi connectivity index (χ4n) is 2.48. The fraction of sp³-hybridized carbons (Fsp3) is 0.100. The van der Waals surface area contributed by atoms with Gasteiger partial charge in [-0.15, -0.1) is 0 Å². The maximum atomic E-state index is 12.7. The number of benzene rings is 2. The summed E-state index contributed by atoms with van der Waals surface area (Å²) in [4.78, 5) is 24.8. The first kappa shape index (κ1) is 18.5. The molecule has 0 aliphatic carbocycles. The van der Waals surface area contributed by atoms with Crippen LogP contribution in [-0.2, 0) is 0 Å². The second-order valence-electron chi connectivity index (χ2n) is 5.76. The number of furan rings is 1. The molecule has 0 spiro atoms. The highest BCUT2D eigenvalue weighted by Crippen LogP contribution is 2.26. The van der Waals surface area contributed by atoms with E-state index in [4.69, 9.17) is 20.8 Å². The molecule has 0 aliphatic rings. The molecule has 0 atom stereocenters. The largest absolute Gasteiger partial charge is 0.496 e. The first-order valence-electron chi connectivity index (χ1n) is 8.08. The molecule has 2 aromatic carbocycles. The molecular formula is C20H17ClN2O4.